The molecule has 0 atom stereocenters. The van der Waals surface area contributed by atoms with Crippen LogP contribution in [0, 0.1) is 28.4 Å². The summed E-state index contributed by atoms with van der Waals surface area (Å²) in [4.78, 5) is 14.4. The average molecular weight is 274 g/mol. The summed E-state index contributed by atoms with van der Waals surface area (Å²) in [5, 5.41) is 26.8. The molecule has 0 amide bonds. The number of nitriles is 1. The van der Waals surface area contributed by atoms with Crippen molar-refractivity contribution in [1.29, 1.82) is 5.26 Å². The SMILES string of the molecule is Cc1cscc1CNc1nccc(C#N)c1[N+](=O)[O-]. The Balaban J connectivity index is 2.28. The standard InChI is InChI=1S/C12H10N4O2S/c1-8-6-19-7-10(8)5-15-12-11(16(17)18)9(4-13)2-3-14-12/h2-3,6-7H,5H2,1H3,(H,14,15). The van der Waals surface area contributed by atoms with Gasteiger partial charge in [-0.2, -0.15) is 16.6 Å². The second kappa shape index (κ2) is 5.46. The van der Waals surface area contributed by atoms with Gasteiger partial charge in [0.25, 0.3) is 0 Å². The summed E-state index contributed by atoms with van der Waals surface area (Å²) in [5.74, 6) is 0.120. The number of hydrogen-bond acceptors (Lipinski definition) is 6. The number of hydrogen-bond donors (Lipinski definition) is 1. The zero-order valence-electron chi connectivity index (χ0n) is 10.1. The van der Waals surface area contributed by atoms with E-state index in [1.165, 1.54) is 12.3 Å². The number of thiophene rings is 1. The minimum atomic E-state index is -0.589. The Bertz CT molecular complexity index is 660. The highest BCUT2D eigenvalue weighted by Gasteiger charge is 2.20. The van der Waals surface area contributed by atoms with Gasteiger partial charge in [-0.15, -0.1) is 0 Å². The molecule has 0 saturated heterocycles. The van der Waals surface area contributed by atoms with E-state index in [-0.39, 0.29) is 17.1 Å². The zero-order chi connectivity index (χ0) is 13.8. The highest BCUT2D eigenvalue weighted by atomic mass is 32.1. The van der Waals surface area contributed by atoms with Crippen molar-refractivity contribution >= 4 is 22.8 Å². The molecule has 7 heteroatoms. The molecule has 0 aromatic carbocycles. The third-order valence-electron chi connectivity index (χ3n) is 2.64. The minimum Gasteiger partial charge on any atom is -0.360 e. The molecule has 0 fully saturated rings. The summed E-state index contributed by atoms with van der Waals surface area (Å²) in [7, 11) is 0. The van der Waals surface area contributed by atoms with E-state index in [1.54, 1.807) is 17.4 Å². The lowest BCUT2D eigenvalue weighted by Gasteiger charge is -2.06. The van der Waals surface area contributed by atoms with Gasteiger partial charge in [0.05, 0.1) is 4.92 Å². The number of nitrogens with one attached hydrogen (secondary N) is 1. The second-order valence-corrected chi connectivity index (χ2v) is 4.60. The highest BCUT2D eigenvalue weighted by molar-refractivity contribution is 7.08. The summed E-state index contributed by atoms with van der Waals surface area (Å²) in [6.45, 7) is 2.42. The van der Waals surface area contributed by atoms with Crippen LogP contribution in [0.1, 0.15) is 16.7 Å². The number of nitrogens with zero attached hydrogens (tertiary/aromatic N) is 3. The molecule has 6 nitrogen and oxygen atoms in total. The topological polar surface area (TPSA) is 91.8 Å². The van der Waals surface area contributed by atoms with Crippen molar-refractivity contribution < 1.29 is 4.92 Å². The van der Waals surface area contributed by atoms with Crippen molar-refractivity contribution in [3.8, 4) is 6.07 Å². The third-order valence-corrected chi connectivity index (χ3v) is 3.55. The van der Waals surface area contributed by atoms with Crippen LogP contribution in [0.2, 0.25) is 0 Å². The molecule has 19 heavy (non-hydrogen) atoms. The summed E-state index contributed by atoms with van der Waals surface area (Å²) in [6, 6.07) is 3.13. The van der Waals surface area contributed by atoms with Gasteiger partial charge in [-0.1, -0.05) is 0 Å². The largest absolute Gasteiger partial charge is 0.360 e. The molecule has 0 bridgehead atoms. The molecule has 0 radical (unpaired) electrons. The van der Waals surface area contributed by atoms with Gasteiger partial charge in [-0.3, -0.25) is 10.1 Å². The molecule has 96 valence electrons. The van der Waals surface area contributed by atoms with E-state index in [9.17, 15) is 10.1 Å². The minimum absolute atomic E-state index is 0.00420. The molecular weight excluding hydrogens is 264 g/mol. The molecular formula is C12H10N4O2S. The molecule has 2 rings (SSSR count). The molecule has 0 saturated carbocycles. The Morgan fingerprint density at radius 3 is 2.95 bits per heavy atom. The van der Waals surface area contributed by atoms with Crippen LogP contribution in [-0.2, 0) is 6.54 Å². The third kappa shape index (κ3) is 2.69. The van der Waals surface area contributed by atoms with Crippen molar-refractivity contribution in [1.82, 2.24) is 4.98 Å². The van der Waals surface area contributed by atoms with Crippen LogP contribution in [-0.4, -0.2) is 9.91 Å². The van der Waals surface area contributed by atoms with Crippen molar-refractivity contribution in [2.24, 2.45) is 0 Å². The predicted molar refractivity (Wildman–Crippen MR) is 72.0 cm³/mol. The first-order chi connectivity index (χ1) is 9.13. The first-order valence-electron chi connectivity index (χ1n) is 5.42. The van der Waals surface area contributed by atoms with Gasteiger partial charge in [0, 0.05) is 12.7 Å². The van der Waals surface area contributed by atoms with Crippen LogP contribution in [0.25, 0.3) is 0 Å². The van der Waals surface area contributed by atoms with Gasteiger partial charge in [-0.05, 0) is 34.9 Å². The van der Waals surface area contributed by atoms with Gasteiger partial charge in [0.1, 0.15) is 11.6 Å². The maximum Gasteiger partial charge on any atom is 0.328 e. The monoisotopic (exact) mass is 274 g/mol. The fraction of sp³-hybridized carbons (Fsp3) is 0.167. The van der Waals surface area contributed by atoms with Gasteiger partial charge < -0.3 is 5.32 Å². The number of pyridine rings is 1. The number of nitro groups is 1. The van der Waals surface area contributed by atoms with Crippen molar-refractivity contribution in [3.63, 3.8) is 0 Å². The highest BCUT2D eigenvalue weighted by Crippen LogP contribution is 2.26. The van der Waals surface area contributed by atoms with E-state index in [0.717, 1.165) is 11.1 Å². The first kappa shape index (κ1) is 13.0. The second-order valence-electron chi connectivity index (χ2n) is 3.86. The number of aromatic nitrogens is 1. The number of aryl methyl sites for hydroxylation is 1. The molecule has 0 aliphatic heterocycles. The smallest absolute Gasteiger partial charge is 0.328 e. The summed E-state index contributed by atoms with van der Waals surface area (Å²) in [6.07, 6.45) is 1.38. The maximum atomic E-state index is 11.0. The molecule has 2 aromatic rings. The lowest BCUT2D eigenvalue weighted by Crippen LogP contribution is -2.06. The molecule has 2 aromatic heterocycles. The summed E-state index contributed by atoms with van der Waals surface area (Å²) < 4.78 is 0. The molecule has 0 spiro atoms. The Labute approximate surface area is 113 Å². The Morgan fingerprint density at radius 1 is 1.58 bits per heavy atom. The van der Waals surface area contributed by atoms with Crippen LogP contribution >= 0.6 is 11.3 Å². The number of rotatable bonds is 4. The normalized spacial score (nSPS) is 9.89. The Morgan fingerprint density at radius 2 is 2.37 bits per heavy atom. The average Bonchev–Trinajstić information content (AvgIpc) is 2.81. The van der Waals surface area contributed by atoms with Crippen molar-refractivity contribution in [3.05, 3.63) is 49.8 Å². The Hall–Kier alpha value is -2.46. The quantitative estimate of drug-likeness (QED) is 0.683. The lowest BCUT2D eigenvalue weighted by molar-refractivity contribution is -0.384. The Kier molecular flexibility index (Phi) is 3.73. The van der Waals surface area contributed by atoms with Gasteiger partial charge in [-0.25, -0.2) is 4.98 Å². The van der Waals surface area contributed by atoms with E-state index in [0.29, 0.717) is 6.54 Å². The van der Waals surface area contributed by atoms with Crippen LogP contribution in [0.3, 0.4) is 0 Å². The van der Waals surface area contributed by atoms with Crippen molar-refractivity contribution in [2.75, 3.05) is 5.32 Å². The van der Waals surface area contributed by atoms with E-state index in [2.05, 4.69) is 10.3 Å². The summed E-state index contributed by atoms with van der Waals surface area (Å²) in [5.41, 5.74) is 1.91. The van der Waals surface area contributed by atoms with E-state index in [4.69, 9.17) is 5.26 Å². The van der Waals surface area contributed by atoms with E-state index < -0.39 is 4.92 Å². The van der Waals surface area contributed by atoms with Crippen LogP contribution < -0.4 is 5.32 Å². The number of anilines is 1. The van der Waals surface area contributed by atoms with E-state index >= 15 is 0 Å². The fourth-order valence-electron chi connectivity index (χ4n) is 1.61. The molecule has 2 heterocycles. The maximum absolute atomic E-state index is 11.0. The van der Waals surface area contributed by atoms with E-state index in [1.807, 2.05) is 17.7 Å². The first-order valence-corrected chi connectivity index (χ1v) is 6.36. The predicted octanol–water partition coefficient (Wildman–Crippen LogP) is 2.84. The van der Waals surface area contributed by atoms with Gasteiger partial charge in [0.15, 0.2) is 0 Å². The summed E-state index contributed by atoms with van der Waals surface area (Å²) >= 11 is 1.57. The molecule has 0 unspecified atom stereocenters. The van der Waals surface area contributed by atoms with Crippen molar-refractivity contribution in [2.45, 2.75) is 13.5 Å². The zero-order valence-corrected chi connectivity index (χ0v) is 10.9. The van der Waals surface area contributed by atoms with Gasteiger partial charge >= 0.3 is 5.69 Å². The van der Waals surface area contributed by atoms with Crippen LogP contribution in [0.5, 0.6) is 0 Å². The van der Waals surface area contributed by atoms with Crippen LogP contribution in [0.4, 0.5) is 11.5 Å². The molecule has 0 aliphatic rings. The molecule has 1 N–H and O–H groups in total. The fourth-order valence-corrected chi connectivity index (χ4v) is 2.46. The van der Waals surface area contributed by atoms with Crippen LogP contribution in [0.15, 0.2) is 23.0 Å². The lowest BCUT2D eigenvalue weighted by atomic mass is 10.2. The molecule has 0 aliphatic carbocycles. The van der Waals surface area contributed by atoms with Gasteiger partial charge in [0.2, 0.25) is 5.82 Å².